The van der Waals surface area contributed by atoms with Crippen LogP contribution in [0.2, 0.25) is 0 Å². The highest BCUT2D eigenvalue weighted by molar-refractivity contribution is 7.89. The number of fused-ring (bicyclic) bond motifs is 1. The van der Waals surface area contributed by atoms with Crippen LogP contribution in [0.3, 0.4) is 0 Å². The number of nitrogens with one attached hydrogen (secondary N) is 2. The molecule has 1 aliphatic heterocycles. The molecule has 2 aromatic carbocycles. The first-order valence-corrected chi connectivity index (χ1v) is 12.4. The first-order chi connectivity index (χ1) is 14.9. The highest BCUT2D eigenvalue weighted by Crippen LogP contribution is 2.28. The fraction of sp³-hybridized carbons (Fsp3) is 0.333. The van der Waals surface area contributed by atoms with Gasteiger partial charge in [0, 0.05) is 18.2 Å². The third kappa shape index (κ3) is 4.41. The van der Waals surface area contributed by atoms with E-state index >= 15 is 0 Å². The number of carbonyl (C=O) groups excluding carboxylic acids is 1. The van der Waals surface area contributed by atoms with Crippen LogP contribution < -0.4 is 10.9 Å². The largest absolute Gasteiger partial charge is 0.273 e. The molecule has 0 unspecified atom stereocenters. The molecule has 1 atom stereocenters. The Morgan fingerprint density at radius 2 is 2.00 bits per heavy atom. The van der Waals surface area contributed by atoms with Crippen molar-refractivity contribution in [2.24, 2.45) is 0 Å². The number of piperidine rings is 1. The second-order valence-electron chi connectivity index (χ2n) is 7.38. The zero-order valence-corrected chi connectivity index (χ0v) is 18.6. The first kappa shape index (κ1) is 21.7. The third-order valence-electron chi connectivity index (χ3n) is 5.42. The lowest BCUT2D eigenvalue weighted by atomic mass is 10.0. The number of hydrazine groups is 1. The Balaban J connectivity index is 1.44. The number of anilines is 1. The van der Waals surface area contributed by atoms with Gasteiger partial charge in [0.25, 0.3) is 5.91 Å². The van der Waals surface area contributed by atoms with Gasteiger partial charge in [-0.05, 0) is 55.7 Å². The van der Waals surface area contributed by atoms with Gasteiger partial charge in [0.2, 0.25) is 15.2 Å². The van der Waals surface area contributed by atoms with Gasteiger partial charge >= 0.3 is 0 Å². The summed E-state index contributed by atoms with van der Waals surface area (Å²) in [5.74, 6) is -0.878. The van der Waals surface area contributed by atoms with Crippen molar-refractivity contribution >= 4 is 42.6 Å². The minimum Gasteiger partial charge on any atom is -0.273 e. The molecule has 0 spiro atoms. The summed E-state index contributed by atoms with van der Waals surface area (Å²) in [6.07, 6.45) is 3.55. The van der Waals surface area contributed by atoms with Crippen LogP contribution >= 0.6 is 11.3 Å². The molecule has 3 aromatic rings. The summed E-state index contributed by atoms with van der Waals surface area (Å²) in [5.41, 5.74) is 5.73. The van der Waals surface area contributed by atoms with Crippen molar-refractivity contribution in [1.29, 1.82) is 0 Å². The van der Waals surface area contributed by atoms with E-state index in [-0.39, 0.29) is 16.5 Å². The lowest BCUT2D eigenvalue weighted by Gasteiger charge is -2.34. The number of sulfonamides is 1. The van der Waals surface area contributed by atoms with E-state index < -0.39 is 21.7 Å². The molecular formula is C21H23FN4O3S2. The number of halogens is 1. The average molecular weight is 463 g/mol. The minimum atomic E-state index is -3.60. The monoisotopic (exact) mass is 462 g/mol. The Bertz CT molecular complexity index is 1200. The van der Waals surface area contributed by atoms with Gasteiger partial charge in [0.05, 0.1) is 9.60 Å². The summed E-state index contributed by atoms with van der Waals surface area (Å²) in [6, 6.07) is 10.6. The van der Waals surface area contributed by atoms with Crippen molar-refractivity contribution in [2.45, 2.75) is 43.5 Å². The van der Waals surface area contributed by atoms with Gasteiger partial charge in [0.15, 0.2) is 0 Å². The van der Waals surface area contributed by atoms with Crippen LogP contribution in [0.25, 0.3) is 10.2 Å². The molecule has 0 radical (unpaired) electrons. The SMILES string of the molecule is CC[C@H]1CCCCN1S(=O)(=O)c1ccc(C(=O)NNc2nc3c(F)cccc3s2)cc1. The van der Waals surface area contributed by atoms with Gasteiger partial charge in [-0.25, -0.2) is 17.8 Å². The quantitative estimate of drug-likeness (QED) is 0.537. The van der Waals surface area contributed by atoms with E-state index in [1.165, 1.54) is 41.7 Å². The predicted molar refractivity (Wildman–Crippen MR) is 119 cm³/mol. The molecule has 31 heavy (non-hydrogen) atoms. The van der Waals surface area contributed by atoms with Crippen LogP contribution in [0.1, 0.15) is 43.0 Å². The van der Waals surface area contributed by atoms with Gasteiger partial charge < -0.3 is 0 Å². The summed E-state index contributed by atoms with van der Waals surface area (Å²) >= 11 is 1.21. The molecule has 0 aliphatic carbocycles. The van der Waals surface area contributed by atoms with Crippen LogP contribution in [-0.2, 0) is 10.0 Å². The predicted octanol–water partition coefficient (Wildman–Crippen LogP) is 4.15. The lowest BCUT2D eigenvalue weighted by Crippen LogP contribution is -2.43. The van der Waals surface area contributed by atoms with Gasteiger partial charge in [0.1, 0.15) is 11.3 Å². The molecule has 2 heterocycles. The topological polar surface area (TPSA) is 91.4 Å². The molecule has 1 aromatic heterocycles. The number of para-hydroxylation sites is 1. The van der Waals surface area contributed by atoms with Crippen LogP contribution in [-0.4, -0.2) is 36.2 Å². The summed E-state index contributed by atoms with van der Waals surface area (Å²) in [5, 5.41) is 0.350. The Morgan fingerprint density at radius 3 is 2.71 bits per heavy atom. The van der Waals surface area contributed by atoms with Crippen molar-refractivity contribution in [3.8, 4) is 0 Å². The zero-order chi connectivity index (χ0) is 22.0. The second kappa shape index (κ2) is 8.89. The van der Waals surface area contributed by atoms with Crippen molar-refractivity contribution in [3.63, 3.8) is 0 Å². The number of carbonyl (C=O) groups is 1. The molecule has 1 aliphatic rings. The standard InChI is InChI=1S/C21H23FN4O3S2/c1-2-15-6-3-4-13-26(15)31(28,29)16-11-9-14(10-12-16)20(27)24-25-21-23-19-17(22)7-5-8-18(19)30-21/h5,7-12,15H,2-4,6,13H2,1H3,(H,23,25)(H,24,27)/t15-/m0/s1. The summed E-state index contributed by atoms with van der Waals surface area (Å²) in [7, 11) is -3.60. The van der Waals surface area contributed by atoms with E-state index in [0.717, 1.165) is 25.7 Å². The zero-order valence-electron chi connectivity index (χ0n) is 17.0. The Morgan fingerprint density at radius 1 is 1.23 bits per heavy atom. The van der Waals surface area contributed by atoms with Gasteiger partial charge in [-0.2, -0.15) is 4.31 Å². The van der Waals surface area contributed by atoms with E-state index in [2.05, 4.69) is 15.8 Å². The number of hydrogen-bond donors (Lipinski definition) is 2. The number of rotatable bonds is 6. The van der Waals surface area contributed by atoms with Crippen molar-refractivity contribution < 1.29 is 17.6 Å². The van der Waals surface area contributed by atoms with E-state index in [0.29, 0.717) is 21.9 Å². The molecule has 1 amide bonds. The van der Waals surface area contributed by atoms with E-state index in [4.69, 9.17) is 0 Å². The molecule has 2 N–H and O–H groups in total. The summed E-state index contributed by atoms with van der Waals surface area (Å²) in [6.45, 7) is 2.52. The maximum absolute atomic E-state index is 13.8. The lowest BCUT2D eigenvalue weighted by molar-refractivity contribution is 0.0962. The molecule has 10 heteroatoms. The van der Waals surface area contributed by atoms with Crippen LogP contribution in [0.4, 0.5) is 9.52 Å². The maximum Gasteiger partial charge on any atom is 0.269 e. The highest BCUT2D eigenvalue weighted by Gasteiger charge is 2.32. The Hall–Kier alpha value is -2.56. The third-order valence-corrected chi connectivity index (χ3v) is 8.32. The van der Waals surface area contributed by atoms with Crippen LogP contribution in [0.5, 0.6) is 0 Å². The molecule has 164 valence electrons. The van der Waals surface area contributed by atoms with Crippen molar-refractivity contribution in [1.82, 2.24) is 14.7 Å². The Kier molecular flexibility index (Phi) is 6.22. The number of amides is 1. The van der Waals surface area contributed by atoms with Crippen LogP contribution in [0, 0.1) is 5.82 Å². The number of hydrogen-bond acceptors (Lipinski definition) is 6. The van der Waals surface area contributed by atoms with E-state index in [1.807, 2.05) is 6.92 Å². The molecule has 1 fully saturated rings. The van der Waals surface area contributed by atoms with Crippen molar-refractivity contribution in [3.05, 3.63) is 53.8 Å². The normalized spacial score (nSPS) is 17.5. The molecule has 7 nitrogen and oxygen atoms in total. The molecule has 0 saturated carbocycles. The average Bonchev–Trinajstić information content (AvgIpc) is 3.22. The summed E-state index contributed by atoms with van der Waals surface area (Å²) < 4.78 is 42.1. The number of nitrogens with zero attached hydrogens (tertiary/aromatic N) is 2. The maximum atomic E-state index is 13.8. The minimum absolute atomic E-state index is 0.0181. The van der Waals surface area contributed by atoms with Gasteiger partial charge in [-0.1, -0.05) is 30.7 Å². The van der Waals surface area contributed by atoms with E-state index in [1.54, 1.807) is 16.4 Å². The molecular weight excluding hydrogens is 439 g/mol. The number of benzene rings is 2. The first-order valence-electron chi connectivity index (χ1n) is 10.1. The molecule has 0 bridgehead atoms. The Labute approximate surface area is 184 Å². The van der Waals surface area contributed by atoms with E-state index in [9.17, 15) is 17.6 Å². The van der Waals surface area contributed by atoms with Crippen molar-refractivity contribution in [2.75, 3.05) is 12.0 Å². The fourth-order valence-corrected chi connectivity index (χ4v) is 6.36. The molecule has 1 saturated heterocycles. The van der Waals surface area contributed by atoms with Gasteiger partial charge in [-0.15, -0.1) is 0 Å². The highest BCUT2D eigenvalue weighted by atomic mass is 32.2. The summed E-state index contributed by atoms with van der Waals surface area (Å²) in [4.78, 5) is 16.7. The second-order valence-corrected chi connectivity index (χ2v) is 10.3. The smallest absolute Gasteiger partial charge is 0.269 e. The van der Waals surface area contributed by atoms with Gasteiger partial charge in [-0.3, -0.25) is 15.6 Å². The van der Waals surface area contributed by atoms with Crippen LogP contribution in [0.15, 0.2) is 47.4 Å². The molecule has 4 rings (SSSR count). The number of thiazole rings is 1. The fourth-order valence-electron chi connectivity index (χ4n) is 3.76. The number of aromatic nitrogens is 1.